The lowest BCUT2D eigenvalue weighted by Crippen LogP contribution is -2.23. The topological polar surface area (TPSA) is 58.2 Å². The van der Waals surface area contributed by atoms with Crippen molar-refractivity contribution < 1.29 is 4.74 Å². The third-order valence-corrected chi connectivity index (χ3v) is 4.15. The molecule has 5 nitrogen and oxygen atoms in total. The first-order valence-electron chi connectivity index (χ1n) is 7.85. The smallest absolute Gasteiger partial charge is 0.252 e. The van der Waals surface area contributed by atoms with Crippen molar-refractivity contribution in [2.75, 3.05) is 14.2 Å². The highest BCUT2D eigenvalue weighted by Crippen LogP contribution is 2.19. The Morgan fingerprint density at radius 1 is 1.17 bits per heavy atom. The number of pyridine rings is 2. The molecule has 0 saturated heterocycles. The molecular formula is C19H21N3O2. The maximum atomic E-state index is 12.4. The second-order valence-electron chi connectivity index (χ2n) is 6.05. The zero-order valence-electron chi connectivity index (χ0n) is 14.2. The molecule has 1 N–H and O–H groups in total. The van der Waals surface area contributed by atoms with E-state index in [4.69, 9.17) is 4.74 Å². The Morgan fingerprint density at radius 2 is 1.96 bits per heavy atom. The van der Waals surface area contributed by atoms with Gasteiger partial charge < -0.3 is 9.72 Å². The largest absolute Gasteiger partial charge is 0.497 e. The van der Waals surface area contributed by atoms with Crippen LogP contribution in [0.25, 0.3) is 10.9 Å². The molecule has 0 saturated carbocycles. The molecule has 24 heavy (non-hydrogen) atoms. The van der Waals surface area contributed by atoms with Gasteiger partial charge in [0.2, 0.25) is 0 Å². The summed E-state index contributed by atoms with van der Waals surface area (Å²) in [6, 6.07) is 9.66. The van der Waals surface area contributed by atoms with Crippen LogP contribution in [-0.4, -0.2) is 29.0 Å². The van der Waals surface area contributed by atoms with E-state index in [-0.39, 0.29) is 5.56 Å². The molecule has 0 bridgehead atoms. The Labute approximate surface area is 140 Å². The van der Waals surface area contributed by atoms with Crippen molar-refractivity contribution in [3.05, 3.63) is 69.8 Å². The fourth-order valence-electron chi connectivity index (χ4n) is 2.79. The van der Waals surface area contributed by atoms with Gasteiger partial charge in [-0.1, -0.05) is 0 Å². The normalized spacial score (nSPS) is 11.2. The lowest BCUT2D eigenvalue weighted by molar-refractivity contribution is 0.317. The van der Waals surface area contributed by atoms with E-state index < -0.39 is 0 Å². The molecule has 0 radical (unpaired) electrons. The average molecular weight is 323 g/mol. The summed E-state index contributed by atoms with van der Waals surface area (Å²) in [4.78, 5) is 21.5. The van der Waals surface area contributed by atoms with Gasteiger partial charge in [0.1, 0.15) is 5.75 Å². The van der Waals surface area contributed by atoms with E-state index in [0.717, 1.165) is 34.3 Å². The van der Waals surface area contributed by atoms with Gasteiger partial charge in [-0.05, 0) is 54.8 Å². The van der Waals surface area contributed by atoms with Crippen LogP contribution in [0.2, 0.25) is 0 Å². The van der Waals surface area contributed by atoms with Gasteiger partial charge in [-0.15, -0.1) is 0 Å². The summed E-state index contributed by atoms with van der Waals surface area (Å²) >= 11 is 0. The number of aryl methyl sites for hydroxylation is 1. The van der Waals surface area contributed by atoms with Crippen molar-refractivity contribution in [3.8, 4) is 5.75 Å². The van der Waals surface area contributed by atoms with Crippen LogP contribution in [0.5, 0.6) is 5.75 Å². The van der Waals surface area contributed by atoms with E-state index in [0.29, 0.717) is 6.54 Å². The average Bonchev–Trinajstić information content (AvgIpc) is 2.57. The maximum absolute atomic E-state index is 12.4. The predicted octanol–water partition coefficient (Wildman–Crippen LogP) is 2.87. The SMILES string of the molecule is COc1ccc2cc(CN(C)Cc3ccncc3C)c(=O)[nH]c2c1. The number of H-pyrrole nitrogens is 1. The lowest BCUT2D eigenvalue weighted by Gasteiger charge is -2.17. The Hall–Kier alpha value is -2.66. The highest BCUT2D eigenvalue weighted by molar-refractivity contribution is 5.80. The molecule has 2 heterocycles. The molecule has 0 spiro atoms. The van der Waals surface area contributed by atoms with Crippen molar-refractivity contribution in [2.24, 2.45) is 0 Å². The van der Waals surface area contributed by atoms with Gasteiger partial charge >= 0.3 is 0 Å². The molecule has 5 heteroatoms. The molecular weight excluding hydrogens is 302 g/mol. The molecule has 3 rings (SSSR count). The third kappa shape index (κ3) is 3.46. The number of benzene rings is 1. The molecule has 2 aromatic heterocycles. The van der Waals surface area contributed by atoms with Gasteiger partial charge in [0.15, 0.2) is 0 Å². The van der Waals surface area contributed by atoms with E-state index >= 15 is 0 Å². The van der Waals surface area contributed by atoms with E-state index in [1.807, 2.05) is 50.5 Å². The van der Waals surface area contributed by atoms with Crippen molar-refractivity contribution in [1.29, 1.82) is 0 Å². The van der Waals surface area contributed by atoms with Crippen molar-refractivity contribution in [1.82, 2.24) is 14.9 Å². The highest BCUT2D eigenvalue weighted by atomic mass is 16.5. The highest BCUT2D eigenvalue weighted by Gasteiger charge is 2.09. The number of methoxy groups -OCH3 is 1. The summed E-state index contributed by atoms with van der Waals surface area (Å²) in [6.45, 7) is 3.40. The van der Waals surface area contributed by atoms with Crippen LogP contribution in [0.4, 0.5) is 0 Å². The summed E-state index contributed by atoms with van der Waals surface area (Å²) in [5, 5.41) is 0.999. The van der Waals surface area contributed by atoms with Crippen LogP contribution in [-0.2, 0) is 13.1 Å². The standard InChI is InChI=1S/C19H21N3O2/c1-13-10-20-7-6-15(13)11-22(2)12-16-8-14-4-5-17(24-3)9-18(14)21-19(16)23/h4-10H,11-12H2,1-3H3,(H,21,23). The van der Waals surface area contributed by atoms with Gasteiger partial charge in [0.25, 0.3) is 5.56 Å². The van der Waals surface area contributed by atoms with Crippen LogP contribution in [0.15, 0.2) is 47.5 Å². The zero-order chi connectivity index (χ0) is 17.1. The lowest BCUT2D eigenvalue weighted by atomic mass is 10.1. The van der Waals surface area contributed by atoms with Crippen LogP contribution >= 0.6 is 0 Å². The minimum atomic E-state index is -0.0611. The molecule has 0 fully saturated rings. The number of fused-ring (bicyclic) bond motifs is 1. The molecule has 124 valence electrons. The second kappa shape index (κ2) is 6.84. The molecule has 0 unspecified atom stereocenters. The van der Waals surface area contributed by atoms with Crippen molar-refractivity contribution >= 4 is 10.9 Å². The summed E-state index contributed by atoms with van der Waals surface area (Å²) in [5.41, 5.74) is 3.85. The quantitative estimate of drug-likeness (QED) is 0.784. The number of nitrogens with zero attached hydrogens (tertiary/aromatic N) is 2. The summed E-state index contributed by atoms with van der Waals surface area (Å²) in [6.07, 6.45) is 3.66. The first kappa shape index (κ1) is 16.2. The molecule has 0 aliphatic rings. The number of nitrogens with one attached hydrogen (secondary N) is 1. The van der Waals surface area contributed by atoms with Crippen LogP contribution < -0.4 is 10.3 Å². The van der Waals surface area contributed by atoms with Gasteiger partial charge in [0, 0.05) is 37.1 Å². The fraction of sp³-hybridized carbons (Fsp3) is 0.263. The third-order valence-electron chi connectivity index (χ3n) is 4.15. The Kier molecular flexibility index (Phi) is 4.62. The van der Waals surface area contributed by atoms with Gasteiger partial charge in [-0.2, -0.15) is 0 Å². The second-order valence-corrected chi connectivity index (χ2v) is 6.05. The number of hydrogen-bond donors (Lipinski definition) is 1. The Morgan fingerprint density at radius 3 is 2.71 bits per heavy atom. The first-order valence-corrected chi connectivity index (χ1v) is 7.85. The number of ether oxygens (including phenoxy) is 1. The van der Waals surface area contributed by atoms with Crippen LogP contribution in [0.1, 0.15) is 16.7 Å². The molecule has 0 atom stereocenters. The van der Waals surface area contributed by atoms with Crippen LogP contribution in [0, 0.1) is 6.92 Å². The predicted molar refractivity (Wildman–Crippen MR) is 95.3 cm³/mol. The summed E-state index contributed by atoms with van der Waals surface area (Å²) in [7, 11) is 3.63. The number of hydrogen-bond acceptors (Lipinski definition) is 4. The minimum absolute atomic E-state index is 0.0611. The zero-order valence-corrected chi connectivity index (χ0v) is 14.2. The molecule has 0 aliphatic carbocycles. The minimum Gasteiger partial charge on any atom is -0.497 e. The summed E-state index contributed by atoms with van der Waals surface area (Å²) in [5.74, 6) is 0.733. The van der Waals surface area contributed by atoms with E-state index in [2.05, 4.69) is 14.9 Å². The number of rotatable bonds is 5. The van der Waals surface area contributed by atoms with Crippen LogP contribution in [0.3, 0.4) is 0 Å². The maximum Gasteiger partial charge on any atom is 0.252 e. The van der Waals surface area contributed by atoms with E-state index in [1.54, 1.807) is 13.3 Å². The molecule has 3 aromatic rings. The van der Waals surface area contributed by atoms with Crippen molar-refractivity contribution in [3.63, 3.8) is 0 Å². The molecule has 0 aliphatic heterocycles. The van der Waals surface area contributed by atoms with Gasteiger partial charge in [-0.3, -0.25) is 14.7 Å². The van der Waals surface area contributed by atoms with Crippen molar-refractivity contribution in [2.45, 2.75) is 20.0 Å². The van der Waals surface area contributed by atoms with Gasteiger partial charge in [0.05, 0.1) is 12.6 Å². The monoisotopic (exact) mass is 323 g/mol. The van der Waals surface area contributed by atoms with Gasteiger partial charge in [-0.25, -0.2) is 0 Å². The summed E-state index contributed by atoms with van der Waals surface area (Å²) < 4.78 is 5.20. The number of aromatic nitrogens is 2. The van der Waals surface area contributed by atoms with E-state index in [1.165, 1.54) is 5.56 Å². The van der Waals surface area contributed by atoms with E-state index in [9.17, 15) is 4.79 Å². The number of aromatic amines is 1. The molecule has 1 aromatic carbocycles. The Bertz CT molecular complexity index is 918. The first-order chi connectivity index (χ1) is 11.6. The molecule has 0 amide bonds. The Balaban J connectivity index is 1.83. The fourth-order valence-corrected chi connectivity index (χ4v) is 2.79.